The maximum Gasteiger partial charge on any atom is 0.165 e. The average molecular weight is 439 g/mol. The Kier molecular flexibility index (Phi) is 8.24. The summed E-state index contributed by atoms with van der Waals surface area (Å²) in [6, 6.07) is 15.8. The molecule has 2 saturated heterocycles. The third-order valence-corrected chi connectivity index (χ3v) is 6.21. The molecule has 2 aliphatic heterocycles. The molecule has 0 spiro atoms. The summed E-state index contributed by atoms with van der Waals surface area (Å²) in [5.74, 6) is 3.12. The fraction of sp³-hybridized carbons (Fsp3) is 0.478. The first kappa shape index (κ1) is 23.8. The highest BCUT2D eigenvalue weighted by molar-refractivity contribution is 5.85. The van der Waals surface area contributed by atoms with Crippen LogP contribution in [0.5, 0.6) is 11.5 Å². The molecule has 2 aromatic carbocycles. The van der Waals surface area contributed by atoms with Gasteiger partial charge in [0.25, 0.3) is 0 Å². The molecule has 0 aromatic heterocycles. The minimum Gasteiger partial charge on any atom is -0.493 e. The normalized spacial score (nSPS) is 23.8. The number of benzene rings is 2. The zero-order valence-electron chi connectivity index (χ0n) is 17.6. The smallest absolute Gasteiger partial charge is 0.165 e. The van der Waals surface area contributed by atoms with E-state index in [0.717, 1.165) is 37.1 Å². The van der Waals surface area contributed by atoms with E-state index in [1.807, 2.05) is 6.07 Å². The molecule has 0 saturated carbocycles. The summed E-state index contributed by atoms with van der Waals surface area (Å²) in [6.07, 6.45) is 0. The van der Waals surface area contributed by atoms with Crippen LogP contribution in [0.3, 0.4) is 0 Å². The molecule has 2 fully saturated rings. The Balaban J connectivity index is 0.00000150. The van der Waals surface area contributed by atoms with Crippen LogP contribution >= 0.6 is 24.8 Å². The highest BCUT2D eigenvalue weighted by Gasteiger charge is 2.45. The molecular weight excluding hydrogens is 407 g/mol. The molecule has 29 heavy (non-hydrogen) atoms. The van der Waals surface area contributed by atoms with E-state index >= 15 is 0 Å². The Hall–Kier alpha value is -1.46. The second-order valence-corrected chi connectivity index (χ2v) is 8.07. The van der Waals surface area contributed by atoms with Crippen molar-refractivity contribution in [1.29, 1.82) is 0 Å². The highest BCUT2D eigenvalue weighted by Crippen LogP contribution is 2.45. The first-order chi connectivity index (χ1) is 13.1. The summed E-state index contributed by atoms with van der Waals surface area (Å²) in [5, 5.41) is 0. The lowest BCUT2D eigenvalue weighted by Crippen LogP contribution is -2.29. The second-order valence-electron chi connectivity index (χ2n) is 8.07. The zero-order valence-corrected chi connectivity index (χ0v) is 19.3. The monoisotopic (exact) mass is 438 g/mol. The van der Waals surface area contributed by atoms with Crippen molar-refractivity contribution in [2.24, 2.45) is 11.8 Å². The Morgan fingerprint density at radius 1 is 0.966 bits per heavy atom. The third-order valence-electron chi connectivity index (χ3n) is 6.21. The van der Waals surface area contributed by atoms with E-state index in [2.05, 4.69) is 60.2 Å². The molecule has 4 nitrogen and oxygen atoms in total. The summed E-state index contributed by atoms with van der Waals surface area (Å²) in [6.45, 7) is 6.49. The number of hydrogen-bond acceptors (Lipinski definition) is 4. The quantitative estimate of drug-likeness (QED) is 0.681. The molecule has 0 amide bonds. The van der Waals surface area contributed by atoms with Crippen LogP contribution in [0.2, 0.25) is 0 Å². The first-order valence-corrected chi connectivity index (χ1v) is 9.79. The van der Waals surface area contributed by atoms with Gasteiger partial charge in [-0.05, 0) is 43.0 Å². The van der Waals surface area contributed by atoms with Crippen LogP contribution < -0.4 is 9.47 Å². The van der Waals surface area contributed by atoms with Gasteiger partial charge in [-0.3, -0.25) is 9.80 Å². The van der Waals surface area contributed by atoms with Gasteiger partial charge in [0.2, 0.25) is 0 Å². The number of nitrogens with zero attached hydrogens (tertiary/aromatic N) is 2. The largest absolute Gasteiger partial charge is 0.493 e. The molecule has 0 radical (unpaired) electrons. The molecule has 0 unspecified atom stereocenters. The fourth-order valence-electron chi connectivity index (χ4n) is 5.19. The van der Waals surface area contributed by atoms with Gasteiger partial charge in [0.05, 0.1) is 14.2 Å². The van der Waals surface area contributed by atoms with Crippen molar-refractivity contribution in [2.45, 2.75) is 19.5 Å². The lowest BCUT2D eigenvalue weighted by molar-refractivity contribution is 0.222. The van der Waals surface area contributed by atoms with Gasteiger partial charge in [-0.25, -0.2) is 0 Å². The van der Waals surface area contributed by atoms with Gasteiger partial charge >= 0.3 is 0 Å². The minimum absolute atomic E-state index is 0. The van der Waals surface area contributed by atoms with Gasteiger partial charge in [0, 0.05) is 37.8 Å². The lowest BCUT2D eigenvalue weighted by atomic mass is 9.90. The molecule has 0 bridgehead atoms. The molecule has 2 heterocycles. The van der Waals surface area contributed by atoms with Gasteiger partial charge in [0.1, 0.15) is 0 Å². The average Bonchev–Trinajstić information content (AvgIpc) is 3.17. The van der Waals surface area contributed by atoms with Crippen LogP contribution in [0, 0.1) is 18.8 Å². The van der Waals surface area contributed by atoms with E-state index < -0.39 is 0 Å². The number of hydrogen-bond donors (Lipinski definition) is 0. The molecule has 2 aliphatic rings. The van der Waals surface area contributed by atoms with Crippen molar-refractivity contribution in [3.05, 3.63) is 59.2 Å². The summed E-state index contributed by atoms with van der Waals surface area (Å²) in [7, 11) is 5.71. The van der Waals surface area contributed by atoms with E-state index in [1.165, 1.54) is 23.2 Å². The number of ether oxygens (including phenoxy) is 2. The molecule has 0 N–H and O–H groups in total. The number of aryl methyl sites for hydroxylation is 1. The van der Waals surface area contributed by atoms with Gasteiger partial charge in [0.15, 0.2) is 11.5 Å². The summed E-state index contributed by atoms with van der Waals surface area (Å²) >= 11 is 0. The van der Waals surface area contributed by atoms with Crippen LogP contribution in [0.15, 0.2) is 42.5 Å². The predicted molar refractivity (Wildman–Crippen MR) is 123 cm³/mol. The maximum absolute atomic E-state index is 5.67. The van der Waals surface area contributed by atoms with E-state index in [9.17, 15) is 0 Å². The molecule has 4 rings (SSSR count). The van der Waals surface area contributed by atoms with Crippen molar-refractivity contribution >= 4 is 24.8 Å². The molecule has 0 aliphatic carbocycles. The van der Waals surface area contributed by atoms with Crippen molar-refractivity contribution in [1.82, 2.24) is 9.80 Å². The highest BCUT2D eigenvalue weighted by atomic mass is 35.5. The number of rotatable bonds is 5. The van der Waals surface area contributed by atoms with Crippen LogP contribution in [0.1, 0.15) is 22.7 Å². The van der Waals surface area contributed by atoms with E-state index in [1.54, 1.807) is 14.2 Å². The Bertz CT molecular complexity index is 803. The predicted octanol–water partition coefficient (Wildman–Crippen LogP) is 4.59. The second kappa shape index (κ2) is 10.0. The van der Waals surface area contributed by atoms with Crippen molar-refractivity contribution in [3.63, 3.8) is 0 Å². The maximum atomic E-state index is 5.67. The van der Waals surface area contributed by atoms with Gasteiger partial charge in [-0.15, -0.1) is 24.8 Å². The fourth-order valence-corrected chi connectivity index (χ4v) is 5.19. The van der Waals surface area contributed by atoms with Crippen molar-refractivity contribution < 1.29 is 9.47 Å². The van der Waals surface area contributed by atoms with Gasteiger partial charge < -0.3 is 9.47 Å². The number of halogens is 2. The van der Waals surface area contributed by atoms with Gasteiger partial charge in [-0.2, -0.15) is 0 Å². The standard InChI is InChI=1S/C23H30N2O2.2ClH/c1-16-10-18(23(27-4)21(11-16)26-3)13-25-14-19-12-24(2)22(20(19)15-25)17-8-6-5-7-9-17;;/h5-11,19-20,22H,12-15H2,1-4H3;2*1H/t19-,20+,22-;;/m0../s1. The minimum atomic E-state index is 0. The summed E-state index contributed by atoms with van der Waals surface area (Å²) in [5.41, 5.74) is 3.88. The van der Waals surface area contributed by atoms with Crippen LogP contribution in [-0.4, -0.2) is 50.7 Å². The Morgan fingerprint density at radius 3 is 2.34 bits per heavy atom. The zero-order chi connectivity index (χ0) is 19.0. The van der Waals surface area contributed by atoms with E-state index in [4.69, 9.17) is 9.47 Å². The summed E-state index contributed by atoms with van der Waals surface area (Å²) < 4.78 is 11.2. The van der Waals surface area contributed by atoms with Crippen molar-refractivity contribution in [2.75, 3.05) is 40.9 Å². The summed E-state index contributed by atoms with van der Waals surface area (Å²) in [4.78, 5) is 5.13. The Morgan fingerprint density at radius 2 is 1.69 bits per heavy atom. The first-order valence-electron chi connectivity index (χ1n) is 9.79. The number of methoxy groups -OCH3 is 2. The lowest BCUT2D eigenvalue weighted by Gasteiger charge is -2.27. The number of likely N-dealkylation sites (tertiary alicyclic amines) is 2. The third kappa shape index (κ3) is 4.66. The van der Waals surface area contributed by atoms with Crippen LogP contribution in [-0.2, 0) is 6.54 Å². The SMILES string of the molecule is COc1cc(C)cc(CN2C[C@@H]3CN(C)[C@@H](c4ccccc4)[C@@H]3C2)c1OC.Cl.Cl. The van der Waals surface area contributed by atoms with Crippen LogP contribution in [0.4, 0.5) is 0 Å². The topological polar surface area (TPSA) is 24.9 Å². The molecule has 2 aromatic rings. The molecular formula is C23H32Cl2N2O2. The van der Waals surface area contributed by atoms with Crippen molar-refractivity contribution in [3.8, 4) is 11.5 Å². The molecule has 6 heteroatoms. The van der Waals surface area contributed by atoms with E-state index in [-0.39, 0.29) is 24.8 Å². The van der Waals surface area contributed by atoms with Crippen LogP contribution in [0.25, 0.3) is 0 Å². The molecule has 3 atom stereocenters. The number of fused-ring (bicyclic) bond motifs is 1. The van der Waals surface area contributed by atoms with Gasteiger partial charge in [-0.1, -0.05) is 36.4 Å². The molecule has 160 valence electrons. The van der Waals surface area contributed by atoms with E-state index in [0.29, 0.717) is 12.0 Å². The Labute approximate surface area is 187 Å².